The Hall–Kier alpha value is -1.84. The number of amidine groups is 1. The topological polar surface area (TPSA) is 81.5 Å². The molecular formula is C8H9N3O. The van der Waals surface area contributed by atoms with Crippen molar-refractivity contribution in [3.63, 3.8) is 0 Å². The van der Waals surface area contributed by atoms with Gasteiger partial charge in [-0.15, -0.1) is 0 Å². The summed E-state index contributed by atoms with van der Waals surface area (Å²) in [5.41, 5.74) is 12.2. The summed E-state index contributed by atoms with van der Waals surface area (Å²) in [6.45, 7) is 0. The van der Waals surface area contributed by atoms with Gasteiger partial charge < -0.3 is 11.5 Å². The molecule has 0 aromatic heterocycles. The lowest BCUT2D eigenvalue weighted by Crippen LogP contribution is -2.13. The molecule has 1 rings (SSSR count). The smallest absolute Gasteiger partial charge is 0.234 e. The fourth-order valence-electron chi connectivity index (χ4n) is 0.785. The maximum atomic E-state index is 9.96. The standard InChI is InChI=1S/C8H9N3O/c9-7-3-1-6(2-4-7)8(10)11-5-12/h1-5H,9H2,(H2,10,11,12). The summed E-state index contributed by atoms with van der Waals surface area (Å²) in [7, 11) is 0. The van der Waals surface area contributed by atoms with E-state index < -0.39 is 0 Å². The third-order valence-electron chi connectivity index (χ3n) is 1.40. The molecule has 0 saturated heterocycles. The SMILES string of the molecule is NC(=NC=O)c1ccc(N)cc1. The van der Waals surface area contributed by atoms with Gasteiger partial charge in [0.25, 0.3) is 0 Å². The van der Waals surface area contributed by atoms with E-state index in [1.807, 2.05) is 0 Å². The summed E-state index contributed by atoms with van der Waals surface area (Å²) in [5, 5.41) is 0. The highest BCUT2D eigenvalue weighted by atomic mass is 16.1. The van der Waals surface area contributed by atoms with Crippen molar-refractivity contribution in [3.8, 4) is 0 Å². The Morgan fingerprint density at radius 2 is 1.92 bits per heavy atom. The van der Waals surface area contributed by atoms with E-state index in [2.05, 4.69) is 4.99 Å². The van der Waals surface area contributed by atoms with Gasteiger partial charge in [0.2, 0.25) is 6.41 Å². The number of aliphatic imine (C=N–C) groups is 1. The van der Waals surface area contributed by atoms with Crippen LogP contribution in [0.4, 0.5) is 5.69 Å². The lowest BCUT2D eigenvalue weighted by atomic mass is 10.2. The number of carbonyl (C=O) groups is 1. The van der Waals surface area contributed by atoms with Crippen LogP contribution in [0.15, 0.2) is 29.3 Å². The molecule has 0 heterocycles. The van der Waals surface area contributed by atoms with Crippen molar-refractivity contribution in [2.24, 2.45) is 10.7 Å². The average Bonchev–Trinajstić information content (AvgIpc) is 2.06. The molecule has 12 heavy (non-hydrogen) atoms. The molecule has 4 nitrogen and oxygen atoms in total. The predicted molar refractivity (Wildman–Crippen MR) is 47.6 cm³/mol. The van der Waals surface area contributed by atoms with Crippen LogP contribution in [-0.2, 0) is 4.79 Å². The van der Waals surface area contributed by atoms with Crippen molar-refractivity contribution in [1.82, 2.24) is 0 Å². The molecule has 0 aliphatic rings. The Labute approximate surface area is 69.9 Å². The zero-order chi connectivity index (χ0) is 8.97. The Morgan fingerprint density at radius 3 is 2.42 bits per heavy atom. The number of nitrogens with zero attached hydrogens (tertiary/aromatic N) is 1. The number of anilines is 1. The number of hydrogen-bond acceptors (Lipinski definition) is 2. The summed E-state index contributed by atoms with van der Waals surface area (Å²) in [5.74, 6) is 0.199. The zero-order valence-electron chi connectivity index (χ0n) is 6.40. The van der Waals surface area contributed by atoms with Crippen LogP contribution in [0.1, 0.15) is 5.56 Å². The summed E-state index contributed by atoms with van der Waals surface area (Å²) in [6.07, 6.45) is 0.408. The summed E-state index contributed by atoms with van der Waals surface area (Å²) >= 11 is 0. The molecule has 0 fully saturated rings. The Morgan fingerprint density at radius 1 is 1.33 bits per heavy atom. The van der Waals surface area contributed by atoms with Crippen molar-refractivity contribution in [2.45, 2.75) is 0 Å². The highest BCUT2D eigenvalue weighted by Gasteiger charge is 1.95. The van der Waals surface area contributed by atoms with E-state index in [0.29, 0.717) is 17.7 Å². The molecule has 1 aromatic rings. The lowest BCUT2D eigenvalue weighted by molar-refractivity contribution is -0.106. The van der Waals surface area contributed by atoms with Gasteiger partial charge in [-0.2, -0.15) is 4.99 Å². The minimum absolute atomic E-state index is 0.199. The molecule has 0 radical (unpaired) electrons. The highest BCUT2D eigenvalue weighted by molar-refractivity contribution is 6.00. The van der Waals surface area contributed by atoms with Gasteiger partial charge in [-0.05, 0) is 24.3 Å². The molecule has 1 aromatic carbocycles. The van der Waals surface area contributed by atoms with E-state index in [1.54, 1.807) is 24.3 Å². The number of benzene rings is 1. The summed E-state index contributed by atoms with van der Waals surface area (Å²) in [4.78, 5) is 13.4. The largest absolute Gasteiger partial charge is 0.399 e. The van der Waals surface area contributed by atoms with Crippen LogP contribution in [0.5, 0.6) is 0 Å². The molecule has 0 saturated carbocycles. The molecule has 62 valence electrons. The van der Waals surface area contributed by atoms with E-state index >= 15 is 0 Å². The normalized spacial score (nSPS) is 11.2. The van der Waals surface area contributed by atoms with E-state index in [4.69, 9.17) is 11.5 Å². The fraction of sp³-hybridized carbons (Fsp3) is 0. The predicted octanol–water partition coefficient (Wildman–Crippen LogP) is 0.130. The van der Waals surface area contributed by atoms with Crippen LogP contribution in [0.3, 0.4) is 0 Å². The first-order chi connectivity index (χ1) is 5.74. The molecule has 0 unspecified atom stereocenters. The van der Waals surface area contributed by atoms with Crippen molar-refractivity contribution < 1.29 is 4.79 Å². The first kappa shape index (κ1) is 8.26. The molecular weight excluding hydrogens is 154 g/mol. The van der Waals surface area contributed by atoms with Crippen molar-refractivity contribution in [3.05, 3.63) is 29.8 Å². The van der Waals surface area contributed by atoms with Crippen LogP contribution in [-0.4, -0.2) is 12.2 Å². The summed E-state index contributed by atoms with van der Waals surface area (Å²) < 4.78 is 0. The minimum Gasteiger partial charge on any atom is -0.399 e. The maximum absolute atomic E-state index is 9.96. The molecule has 0 atom stereocenters. The zero-order valence-corrected chi connectivity index (χ0v) is 6.40. The monoisotopic (exact) mass is 163 g/mol. The first-order valence-electron chi connectivity index (χ1n) is 3.37. The third-order valence-corrected chi connectivity index (χ3v) is 1.40. The average molecular weight is 163 g/mol. The number of nitrogens with two attached hydrogens (primary N) is 2. The van der Waals surface area contributed by atoms with Gasteiger partial charge in [-0.1, -0.05) is 0 Å². The van der Waals surface area contributed by atoms with Gasteiger partial charge >= 0.3 is 0 Å². The number of hydrogen-bond donors (Lipinski definition) is 2. The second-order valence-corrected chi connectivity index (χ2v) is 2.24. The molecule has 0 spiro atoms. The molecule has 1 amide bonds. The number of carbonyl (C=O) groups excluding carboxylic acids is 1. The van der Waals surface area contributed by atoms with Crippen molar-refractivity contribution in [1.29, 1.82) is 0 Å². The van der Waals surface area contributed by atoms with Crippen LogP contribution in [0.25, 0.3) is 0 Å². The quantitative estimate of drug-likeness (QED) is 0.281. The number of amides is 1. The number of rotatable bonds is 2. The van der Waals surface area contributed by atoms with E-state index in [0.717, 1.165) is 0 Å². The van der Waals surface area contributed by atoms with Gasteiger partial charge in [-0.25, -0.2) is 0 Å². The van der Waals surface area contributed by atoms with Gasteiger partial charge in [0, 0.05) is 11.3 Å². The third kappa shape index (κ3) is 1.82. The Balaban J connectivity index is 2.97. The van der Waals surface area contributed by atoms with Gasteiger partial charge in [-0.3, -0.25) is 4.79 Å². The van der Waals surface area contributed by atoms with Crippen molar-refractivity contribution >= 4 is 17.9 Å². The Kier molecular flexibility index (Phi) is 2.42. The molecule has 0 aliphatic carbocycles. The van der Waals surface area contributed by atoms with Crippen LogP contribution < -0.4 is 11.5 Å². The summed E-state index contributed by atoms with van der Waals surface area (Å²) in [6, 6.07) is 6.81. The van der Waals surface area contributed by atoms with Crippen LogP contribution >= 0.6 is 0 Å². The Bertz CT molecular complexity index is 303. The molecule has 4 N–H and O–H groups in total. The van der Waals surface area contributed by atoms with E-state index in [1.165, 1.54) is 0 Å². The van der Waals surface area contributed by atoms with Gasteiger partial charge in [0.15, 0.2) is 0 Å². The number of nitrogen functional groups attached to an aromatic ring is 1. The fourth-order valence-corrected chi connectivity index (χ4v) is 0.785. The maximum Gasteiger partial charge on any atom is 0.234 e. The lowest BCUT2D eigenvalue weighted by Gasteiger charge is -1.98. The first-order valence-corrected chi connectivity index (χ1v) is 3.37. The van der Waals surface area contributed by atoms with Crippen molar-refractivity contribution in [2.75, 3.05) is 5.73 Å². The molecule has 0 aliphatic heterocycles. The molecule has 4 heteroatoms. The van der Waals surface area contributed by atoms with E-state index in [9.17, 15) is 4.79 Å². The molecule has 0 bridgehead atoms. The second-order valence-electron chi connectivity index (χ2n) is 2.24. The second kappa shape index (κ2) is 3.52. The van der Waals surface area contributed by atoms with E-state index in [-0.39, 0.29) is 5.84 Å². The van der Waals surface area contributed by atoms with Crippen LogP contribution in [0.2, 0.25) is 0 Å². The van der Waals surface area contributed by atoms with Gasteiger partial charge in [0.1, 0.15) is 5.84 Å². The highest BCUT2D eigenvalue weighted by Crippen LogP contribution is 2.04. The minimum atomic E-state index is 0.199. The van der Waals surface area contributed by atoms with Crippen LogP contribution in [0, 0.1) is 0 Å². The van der Waals surface area contributed by atoms with Gasteiger partial charge in [0.05, 0.1) is 0 Å².